The van der Waals surface area contributed by atoms with Crippen molar-refractivity contribution in [2.75, 3.05) is 6.54 Å². The maximum Gasteiger partial charge on any atom is 0.0351 e. The fraction of sp³-hybridized carbons (Fsp3) is 0.467. The molecule has 0 aliphatic heterocycles. The molecule has 0 amide bonds. The first-order chi connectivity index (χ1) is 8.90. The summed E-state index contributed by atoms with van der Waals surface area (Å²) in [5.41, 5.74) is 1.37. The first kappa shape index (κ1) is 13.8. The zero-order valence-electron chi connectivity index (χ0n) is 10.9. The van der Waals surface area contributed by atoms with Gasteiger partial charge >= 0.3 is 0 Å². The van der Waals surface area contributed by atoms with Crippen LogP contribution in [0.1, 0.15) is 37.5 Å². The molecule has 3 heteroatoms. The molecule has 0 unspecified atom stereocenters. The summed E-state index contributed by atoms with van der Waals surface area (Å²) in [5, 5.41) is 7.93. The topological polar surface area (TPSA) is 12.0 Å². The monoisotopic (exact) mass is 279 g/mol. The minimum Gasteiger partial charge on any atom is -0.312 e. The van der Waals surface area contributed by atoms with E-state index in [0.29, 0.717) is 0 Å². The molecule has 0 fully saturated rings. The van der Waals surface area contributed by atoms with E-state index in [1.807, 2.05) is 22.7 Å². The first-order valence-corrected chi connectivity index (χ1v) is 8.48. The van der Waals surface area contributed by atoms with Crippen LogP contribution in [-0.4, -0.2) is 6.54 Å². The Morgan fingerprint density at radius 2 is 2.11 bits per heavy atom. The van der Waals surface area contributed by atoms with E-state index in [1.54, 1.807) is 0 Å². The van der Waals surface area contributed by atoms with Crippen molar-refractivity contribution >= 4 is 22.7 Å². The Morgan fingerprint density at radius 3 is 2.89 bits per heavy atom. The molecule has 18 heavy (non-hydrogen) atoms. The second kappa shape index (κ2) is 7.72. The molecule has 0 saturated carbocycles. The number of hydrogen-bond acceptors (Lipinski definition) is 3. The van der Waals surface area contributed by atoms with Crippen LogP contribution < -0.4 is 5.32 Å². The predicted molar refractivity (Wildman–Crippen MR) is 83.5 cm³/mol. The van der Waals surface area contributed by atoms with E-state index in [9.17, 15) is 0 Å². The summed E-state index contributed by atoms with van der Waals surface area (Å²) in [7, 11) is 0. The Morgan fingerprint density at radius 1 is 1.17 bits per heavy atom. The summed E-state index contributed by atoms with van der Waals surface area (Å²) in [6.45, 7) is 4.42. The summed E-state index contributed by atoms with van der Waals surface area (Å²) in [6, 6.07) is 6.62. The Balaban J connectivity index is 1.71. The Hall–Kier alpha value is -0.640. The Bertz CT molecular complexity index is 431. The molecule has 2 aromatic rings. The third-order valence-corrected chi connectivity index (χ3v) is 4.82. The van der Waals surface area contributed by atoms with Crippen molar-refractivity contribution in [1.82, 2.24) is 5.32 Å². The van der Waals surface area contributed by atoms with Gasteiger partial charge in [0.25, 0.3) is 0 Å². The van der Waals surface area contributed by atoms with Crippen molar-refractivity contribution in [3.05, 3.63) is 33.8 Å². The molecule has 2 aromatic heterocycles. The Labute approximate surface area is 118 Å². The van der Waals surface area contributed by atoms with Gasteiger partial charge in [-0.1, -0.05) is 32.3 Å². The van der Waals surface area contributed by atoms with Gasteiger partial charge in [0.15, 0.2) is 0 Å². The fourth-order valence-electron chi connectivity index (χ4n) is 1.93. The van der Waals surface area contributed by atoms with Gasteiger partial charge < -0.3 is 5.32 Å². The van der Waals surface area contributed by atoms with Gasteiger partial charge in [0, 0.05) is 21.9 Å². The third-order valence-electron chi connectivity index (χ3n) is 2.97. The lowest BCUT2D eigenvalue weighted by Crippen LogP contribution is -2.13. The van der Waals surface area contributed by atoms with E-state index < -0.39 is 0 Å². The van der Waals surface area contributed by atoms with Gasteiger partial charge in [0.1, 0.15) is 0 Å². The molecule has 0 aliphatic carbocycles. The van der Waals surface area contributed by atoms with Crippen molar-refractivity contribution in [1.29, 1.82) is 0 Å². The summed E-state index contributed by atoms with van der Waals surface area (Å²) >= 11 is 3.67. The summed E-state index contributed by atoms with van der Waals surface area (Å²) in [4.78, 5) is 2.81. The molecule has 0 aliphatic rings. The average molecular weight is 279 g/mol. The summed E-state index contributed by atoms with van der Waals surface area (Å²) in [5.74, 6) is 0. The second-order valence-corrected chi connectivity index (χ2v) is 6.46. The number of nitrogens with one attached hydrogen (secondary N) is 1. The smallest absolute Gasteiger partial charge is 0.0351 e. The molecule has 0 bridgehead atoms. The highest BCUT2D eigenvalue weighted by Gasteiger charge is 2.02. The predicted octanol–water partition coefficient (Wildman–Crippen LogP) is 5.15. The second-order valence-electron chi connectivity index (χ2n) is 4.52. The quantitative estimate of drug-likeness (QED) is 0.659. The van der Waals surface area contributed by atoms with Gasteiger partial charge in [0.2, 0.25) is 0 Å². The van der Waals surface area contributed by atoms with Crippen LogP contribution >= 0.6 is 22.7 Å². The maximum atomic E-state index is 3.53. The zero-order valence-corrected chi connectivity index (χ0v) is 12.6. The molecule has 0 saturated heterocycles. The molecule has 0 radical (unpaired) electrons. The fourth-order valence-corrected chi connectivity index (χ4v) is 3.58. The van der Waals surface area contributed by atoms with Crippen LogP contribution in [-0.2, 0) is 6.54 Å². The van der Waals surface area contributed by atoms with Gasteiger partial charge in [-0.15, -0.1) is 22.7 Å². The van der Waals surface area contributed by atoms with Crippen LogP contribution in [0.4, 0.5) is 0 Å². The lowest BCUT2D eigenvalue weighted by atomic mass is 10.2. The van der Waals surface area contributed by atoms with Crippen molar-refractivity contribution in [3.8, 4) is 10.4 Å². The van der Waals surface area contributed by atoms with Crippen molar-refractivity contribution in [2.24, 2.45) is 0 Å². The van der Waals surface area contributed by atoms with Crippen molar-refractivity contribution in [2.45, 2.75) is 39.2 Å². The molecule has 1 N–H and O–H groups in total. The highest BCUT2D eigenvalue weighted by molar-refractivity contribution is 7.14. The number of thiophene rings is 2. The zero-order chi connectivity index (χ0) is 12.6. The number of hydrogen-bond donors (Lipinski definition) is 1. The van der Waals surface area contributed by atoms with E-state index in [1.165, 1.54) is 41.0 Å². The standard InChI is InChI=1S/C15H21NS2/c1-2-3-4-5-8-16-11-14-10-13(12-18-14)15-7-6-9-17-15/h6-7,9-10,12,16H,2-5,8,11H2,1H3. The van der Waals surface area contributed by atoms with E-state index in [4.69, 9.17) is 0 Å². The Kier molecular flexibility index (Phi) is 5.91. The first-order valence-electron chi connectivity index (χ1n) is 6.72. The van der Waals surface area contributed by atoms with Crippen LogP contribution in [0, 0.1) is 0 Å². The molecule has 1 nitrogen and oxygen atoms in total. The van der Waals surface area contributed by atoms with E-state index >= 15 is 0 Å². The lowest BCUT2D eigenvalue weighted by Gasteiger charge is -2.02. The van der Waals surface area contributed by atoms with Crippen LogP contribution in [0.2, 0.25) is 0 Å². The minimum atomic E-state index is 1.02. The van der Waals surface area contributed by atoms with Gasteiger partial charge in [0.05, 0.1) is 0 Å². The highest BCUT2D eigenvalue weighted by Crippen LogP contribution is 2.29. The van der Waals surface area contributed by atoms with Crippen LogP contribution in [0.25, 0.3) is 10.4 Å². The van der Waals surface area contributed by atoms with Crippen LogP contribution in [0.5, 0.6) is 0 Å². The van der Waals surface area contributed by atoms with Gasteiger partial charge in [-0.2, -0.15) is 0 Å². The molecule has 0 spiro atoms. The molecular formula is C15H21NS2. The van der Waals surface area contributed by atoms with Crippen molar-refractivity contribution < 1.29 is 0 Å². The normalized spacial score (nSPS) is 10.9. The summed E-state index contributed by atoms with van der Waals surface area (Å²) < 4.78 is 0. The number of rotatable bonds is 8. The van der Waals surface area contributed by atoms with E-state index in [0.717, 1.165) is 13.1 Å². The largest absolute Gasteiger partial charge is 0.312 e. The molecular weight excluding hydrogens is 258 g/mol. The lowest BCUT2D eigenvalue weighted by molar-refractivity contribution is 0.601. The summed E-state index contributed by atoms with van der Waals surface area (Å²) in [6.07, 6.45) is 5.34. The van der Waals surface area contributed by atoms with Crippen LogP contribution in [0.15, 0.2) is 29.0 Å². The molecule has 0 aromatic carbocycles. The third kappa shape index (κ3) is 4.23. The van der Waals surface area contributed by atoms with Gasteiger partial charge in [-0.3, -0.25) is 0 Å². The number of unbranched alkanes of at least 4 members (excludes halogenated alkanes) is 3. The average Bonchev–Trinajstić information content (AvgIpc) is 3.03. The molecule has 0 atom stereocenters. The van der Waals surface area contributed by atoms with Gasteiger partial charge in [-0.25, -0.2) is 0 Å². The maximum absolute atomic E-state index is 3.53. The molecule has 2 heterocycles. The van der Waals surface area contributed by atoms with Crippen molar-refractivity contribution in [3.63, 3.8) is 0 Å². The van der Waals surface area contributed by atoms with Gasteiger partial charge in [-0.05, 0) is 35.9 Å². The minimum absolute atomic E-state index is 1.02. The van der Waals surface area contributed by atoms with E-state index in [-0.39, 0.29) is 0 Å². The van der Waals surface area contributed by atoms with Crippen LogP contribution in [0.3, 0.4) is 0 Å². The highest BCUT2D eigenvalue weighted by atomic mass is 32.1. The molecule has 2 rings (SSSR count). The van der Waals surface area contributed by atoms with E-state index in [2.05, 4.69) is 41.2 Å². The SMILES string of the molecule is CCCCCCNCc1cc(-c2cccs2)cs1. The molecule has 98 valence electrons.